The summed E-state index contributed by atoms with van der Waals surface area (Å²) in [5.41, 5.74) is 17.0. The molecule has 6 nitrogen and oxygen atoms in total. The molecule has 0 spiro atoms. The van der Waals surface area contributed by atoms with Crippen LogP contribution in [0.5, 0.6) is 0 Å². The minimum Gasteiger partial charge on any atom is -0.480 e. The van der Waals surface area contributed by atoms with E-state index >= 15 is 0 Å². The van der Waals surface area contributed by atoms with E-state index in [1.807, 2.05) is 24.3 Å². The van der Waals surface area contributed by atoms with E-state index in [4.69, 9.17) is 16.6 Å². The maximum atomic E-state index is 10.6. The summed E-state index contributed by atoms with van der Waals surface area (Å²) in [6, 6.07) is 6.62. The van der Waals surface area contributed by atoms with Gasteiger partial charge in [0.1, 0.15) is 6.04 Å². The van der Waals surface area contributed by atoms with Gasteiger partial charge in [0.05, 0.1) is 12.9 Å². The first kappa shape index (κ1) is 16.1. The summed E-state index contributed by atoms with van der Waals surface area (Å²) in [6.07, 6.45) is 1.59. The number of nitrogens with zero attached hydrogens (tertiary/aromatic N) is 1. The van der Waals surface area contributed by atoms with Crippen LogP contribution in [0.15, 0.2) is 29.3 Å². The summed E-state index contributed by atoms with van der Waals surface area (Å²) >= 11 is 0. The second kappa shape index (κ2) is 9.15. The summed E-state index contributed by atoms with van der Waals surface area (Å²) in [4.78, 5) is 14.4. The lowest BCUT2D eigenvalue weighted by molar-refractivity contribution is -0.138. The van der Waals surface area contributed by atoms with E-state index in [2.05, 4.69) is 10.7 Å². The summed E-state index contributed by atoms with van der Waals surface area (Å²) in [5.74, 6) is -0.989. The monoisotopic (exact) mass is 252 g/mol. The molecule has 100 valence electrons. The molecule has 1 aromatic carbocycles. The molecule has 0 radical (unpaired) electrons. The van der Waals surface area contributed by atoms with Crippen molar-refractivity contribution in [1.82, 2.24) is 0 Å². The highest BCUT2D eigenvalue weighted by Crippen LogP contribution is 2.07. The molecule has 0 aromatic heterocycles. The number of carboxylic acids is 1. The number of rotatable bonds is 5. The van der Waals surface area contributed by atoms with Crippen LogP contribution in [0, 0.1) is 0 Å². The van der Waals surface area contributed by atoms with Gasteiger partial charge in [-0.1, -0.05) is 24.3 Å². The molecule has 18 heavy (non-hydrogen) atoms. The number of benzene rings is 1. The molecule has 1 atom stereocenters. The first-order valence-corrected chi connectivity index (χ1v) is 5.47. The van der Waals surface area contributed by atoms with Crippen LogP contribution >= 0.6 is 0 Å². The van der Waals surface area contributed by atoms with Crippen molar-refractivity contribution >= 4 is 12.3 Å². The van der Waals surface area contributed by atoms with E-state index in [9.17, 15) is 4.79 Å². The van der Waals surface area contributed by atoms with Crippen molar-refractivity contribution in [1.29, 1.82) is 0 Å². The van der Waals surface area contributed by atoms with Gasteiger partial charge in [-0.05, 0) is 24.6 Å². The van der Waals surface area contributed by atoms with Gasteiger partial charge in [-0.15, -0.1) is 0 Å². The van der Waals surface area contributed by atoms with Crippen molar-refractivity contribution in [2.24, 2.45) is 22.2 Å². The Hall–Kier alpha value is -1.92. The summed E-state index contributed by atoms with van der Waals surface area (Å²) in [5, 5.41) is 8.66. The fourth-order valence-electron chi connectivity index (χ4n) is 1.28. The molecule has 0 saturated heterocycles. The van der Waals surface area contributed by atoms with Gasteiger partial charge in [0.15, 0.2) is 0 Å². The molecule has 0 aliphatic heterocycles. The Morgan fingerprint density at radius 1 is 1.33 bits per heavy atom. The number of nitrogens with two attached hydrogens (primary N) is 3. The van der Waals surface area contributed by atoms with Gasteiger partial charge in [-0.25, -0.2) is 0 Å². The van der Waals surface area contributed by atoms with Gasteiger partial charge in [0.25, 0.3) is 0 Å². The molecule has 0 aliphatic carbocycles. The molecule has 6 heteroatoms. The van der Waals surface area contributed by atoms with Crippen molar-refractivity contribution in [2.75, 3.05) is 7.05 Å². The average molecular weight is 252 g/mol. The quantitative estimate of drug-likeness (QED) is 0.422. The maximum absolute atomic E-state index is 10.6. The van der Waals surface area contributed by atoms with Crippen LogP contribution < -0.4 is 17.2 Å². The molecule has 1 rings (SSSR count). The molecule has 7 N–H and O–H groups in total. The van der Waals surface area contributed by atoms with E-state index in [0.29, 0.717) is 13.0 Å². The van der Waals surface area contributed by atoms with E-state index < -0.39 is 12.0 Å². The van der Waals surface area contributed by atoms with Crippen LogP contribution in [0.2, 0.25) is 0 Å². The number of aliphatic carboxylic acids is 1. The number of carboxylic acid groups (broad SMARTS) is 1. The molecule has 0 bridgehead atoms. The van der Waals surface area contributed by atoms with Crippen LogP contribution in [0.1, 0.15) is 11.1 Å². The third-order valence-electron chi connectivity index (χ3n) is 2.18. The zero-order chi connectivity index (χ0) is 14.0. The third-order valence-corrected chi connectivity index (χ3v) is 2.18. The molecule has 0 saturated carbocycles. The first-order valence-electron chi connectivity index (χ1n) is 5.47. The van der Waals surface area contributed by atoms with Crippen molar-refractivity contribution in [3.05, 3.63) is 35.4 Å². The van der Waals surface area contributed by atoms with E-state index in [1.165, 1.54) is 13.4 Å². The Morgan fingerprint density at radius 2 is 1.83 bits per heavy atom. The van der Waals surface area contributed by atoms with E-state index in [1.54, 1.807) is 0 Å². The SMILES string of the molecule is CN.NC=NCc1ccc(CC(N)C(=O)O)cc1. The van der Waals surface area contributed by atoms with E-state index in [-0.39, 0.29) is 0 Å². The molecule has 1 unspecified atom stereocenters. The lowest BCUT2D eigenvalue weighted by Crippen LogP contribution is -2.32. The average Bonchev–Trinajstić information content (AvgIpc) is 2.40. The van der Waals surface area contributed by atoms with Crippen molar-refractivity contribution in [2.45, 2.75) is 19.0 Å². The van der Waals surface area contributed by atoms with Gasteiger partial charge in [-0.2, -0.15) is 0 Å². The first-order chi connectivity index (χ1) is 8.63. The van der Waals surface area contributed by atoms with Gasteiger partial charge in [0.2, 0.25) is 0 Å². The third kappa shape index (κ3) is 5.97. The molecule has 0 fully saturated rings. The second-order valence-corrected chi connectivity index (χ2v) is 3.46. The second-order valence-electron chi connectivity index (χ2n) is 3.46. The molecule has 1 aromatic rings. The fourth-order valence-corrected chi connectivity index (χ4v) is 1.28. The lowest BCUT2D eigenvalue weighted by atomic mass is 10.0. The summed E-state index contributed by atoms with van der Waals surface area (Å²) in [6.45, 7) is 0.530. The molecule has 0 heterocycles. The van der Waals surface area contributed by atoms with E-state index in [0.717, 1.165) is 11.1 Å². The molecule has 0 aliphatic rings. The van der Waals surface area contributed by atoms with Crippen LogP contribution in [0.25, 0.3) is 0 Å². The molecular formula is C12H20N4O2. The van der Waals surface area contributed by atoms with Crippen LogP contribution in [0.4, 0.5) is 0 Å². The molecule has 0 amide bonds. The summed E-state index contributed by atoms with van der Waals surface area (Å²) in [7, 11) is 1.50. The van der Waals surface area contributed by atoms with Crippen molar-refractivity contribution in [3.8, 4) is 0 Å². The zero-order valence-corrected chi connectivity index (χ0v) is 10.4. The smallest absolute Gasteiger partial charge is 0.320 e. The minimum atomic E-state index is -0.989. The Labute approximate surface area is 106 Å². The van der Waals surface area contributed by atoms with Gasteiger partial charge < -0.3 is 22.3 Å². The number of hydrogen-bond donors (Lipinski definition) is 4. The largest absolute Gasteiger partial charge is 0.480 e. The Morgan fingerprint density at radius 3 is 2.28 bits per heavy atom. The van der Waals surface area contributed by atoms with Gasteiger partial charge >= 0.3 is 5.97 Å². The predicted octanol–water partition coefficient (Wildman–Crippen LogP) is -0.297. The topological polar surface area (TPSA) is 128 Å². The van der Waals surface area contributed by atoms with Gasteiger partial charge in [0, 0.05) is 0 Å². The number of carbonyl (C=O) groups is 1. The highest BCUT2D eigenvalue weighted by atomic mass is 16.4. The Bertz CT molecular complexity index is 376. The van der Waals surface area contributed by atoms with Crippen LogP contribution in [0.3, 0.4) is 0 Å². The standard InChI is InChI=1S/C11H15N3O2.CH5N/c12-7-14-6-9-3-1-8(2-4-9)5-10(13)11(15)16;1-2/h1-4,7,10H,5-6,13H2,(H2,12,14)(H,15,16);2H2,1H3. The Balaban J connectivity index is 0.00000137. The van der Waals surface area contributed by atoms with Crippen LogP contribution in [-0.2, 0) is 17.8 Å². The van der Waals surface area contributed by atoms with Crippen molar-refractivity contribution in [3.63, 3.8) is 0 Å². The van der Waals surface area contributed by atoms with Crippen LogP contribution in [-0.4, -0.2) is 30.5 Å². The highest BCUT2D eigenvalue weighted by molar-refractivity contribution is 5.73. The molecular weight excluding hydrogens is 232 g/mol. The lowest BCUT2D eigenvalue weighted by Gasteiger charge is -2.06. The minimum absolute atomic E-state index is 0.329. The van der Waals surface area contributed by atoms with Gasteiger partial charge in [-0.3, -0.25) is 9.79 Å². The highest BCUT2D eigenvalue weighted by Gasteiger charge is 2.11. The van der Waals surface area contributed by atoms with Crippen molar-refractivity contribution < 1.29 is 9.90 Å². The predicted molar refractivity (Wildman–Crippen MR) is 72.3 cm³/mol. The number of hydrogen-bond acceptors (Lipinski definition) is 4. The maximum Gasteiger partial charge on any atom is 0.320 e. The zero-order valence-electron chi connectivity index (χ0n) is 10.4. The number of aliphatic imine (C=N–C) groups is 1. The Kier molecular flexibility index (Phi) is 8.17. The normalized spacial score (nSPS) is 11.7. The fraction of sp³-hybridized carbons (Fsp3) is 0.333. The summed E-state index contributed by atoms with van der Waals surface area (Å²) < 4.78 is 0.